The first-order valence-electron chi connectivity index (χ1n) is 6.07. The van der Waals surface area contributed by atoms with Crippen molar-refractivity contribution < 1.29 is 13.5 Å². The van der Waals surface area contributed by atoms with Gasteiger partial charge in [-0.25, -0.2) is 8.78 Å². The molecule has 1 fully saturated rings. The molecule has 6 heteroatoms. The zero-order valence-corrected chi connectivity index (χ0v) is 11.6. The summed E-state index contributed by atoms with van der Waals surface area (Å²) in [6, 6.07) is 2.34. The number of rotatable bonds is 2. The van der Waals surface area contributed by atoms with Crippen LogP contribution >= 0.6 is 12.2 Å². The fourth-order valence-corrected chi connectivity index (χ4v) is 2.49. The Morgan fingerprint density at radius 1 is 1.26 bits per heavy atom. The molecule has 3 nitrogen and oxygen atoms in total. The van der Waals surface area contributed by atoms with Crippen molar-refractivity contribution in [2.24, 2.45) is 5.73 Å². The number of ether oxygens (including phenoxy) is 1. The molecule has 2 N–H and O–H groups in total. The van der Waals surface area contributed by atoms with Crippen LogP contribution in [0.2, 0.25) is 0 Å². The molecular weight excluding hydrogens is 270 g/mol. The smallest absolute Gasteiger partial charge is 0.150 e. The second kappa shape index (κ2) is 5.38. The van der Waals surface area contributed by atoms with E-state index >= 15 is 0 Å². The molecule has 1 aromatic rings. The van der Waals surface area contributed by atoms with Gasteiger partial charge >= 0.3 is 0 Å². The Labute approximate surface area is 116 Å². The Morgan fingerprint density at radius 2 is 1.74 bits per heavy atom. The number of nitrogens with two attached hydrogens (primary N) is 1. The molecule has 1 aliphatic heterocycles. The topological polar surface area (TPSA) is 38.5 Å². The maximum atomic E-state index is 14.1. The molecule has 1 heterocycles. The zero-order chi connectivity index (χ0) is 14.2. The Morgan fingerprint density at radius 3 is 2.16 bits per heavy atom. The minimum atomic E-state index is -0.649. The van der Waals surface area contributed by atoms with Crippen molar-refractivity contribution in [1.82, 2.24) is 0 Å². The van der Waals surface area contributed by atoms with Crippen molar-refractivity contribution in [3.63, 3.8) is 0 Å². The first-order valence-corrected chi connectivity index (χ1v) is 6.48. The number of morpholine rings is 1. The van der Waals surface area contributed by atoms with Crippen LogP contribution in [-0.4, -0.2) is 30.3 Å². The summed E-state index contributed by atoms with van der Waals surface area (Å²) in [4.78, 5) is 1.64. The molecule has 104 valence electrons. The first kappa shape index (κ1) is 14.1. The van der Waals surface area contributed by atoms with Crippen LogP contribution < -0.4 is 10.6 Å². The van der Waals surface area contributed by atoms with Gasteiger partial charge in [0.15, 0.2) is 0 Å². The lowest BCUT2D eigenvalue weighted by Crippen LogP contribution is -2.46. The predicted octanol–water partition coefficient (Wildman–Crippen LogP) is 2.21. The average Bonchev–Trinajstić information content (AvgIpc) is 2.26. The van der Waals surface area contributed by atoms with E-state index in [0.29, 0.717) is 13.1 Å². The lowest BCUT2D eigenvalue weighted by Gasteiger charge is -2.37. The third-order valence-electron chi connectivity index (χ3n) is 3.04. The van der Waals surface area contributed by atoms with E-state index in [0.717, 1.165) is 0 Å². The van der Waals surface area contributed by atoms with Crippen molar-refractivity contribution in [2.75, 3.05) is 18.0 Å². The van der Waals surface area contributed by atoms with Gasteiger partial charge in [-0.15, -0.1) is 0 Å². The number of hydrogen-bond acceptors (Lipinski definition) is 3. The van der Waals surface area contributed by atoms with Gasteiger partial charge in [0, 0.05) is 18.7 Å². The molecular formula is C13H16F2N2OS. The van der Waals surface area contributed by atoms with E-state index in [4.69, 9.17) is 22.7 Å². The molecule has 1 saturated heterocycles. The number of nitrogens with zero attached hydrogens (tertiary/aromatic N) is 1. The molecule has 0 radical (unpaired) electrons. The van der Waals surface area contributed by atoms with Gasteiger partial charge in [0.1, 0.15) is 22.3 Å². The maximum Gasteiger partial charge on any atom is 0.150 e. The summed E-state index contributed by atoms with van der Waals surface area (Å²) in [7, 11) is 0. The number of benzene rings is 1. The summed E-state index contributed by atoms with van der Waals surface area (Å²) in [6.45, 7) is 4.65. The molecule has 0 bridgehead atoms. The number of anilines is 1. The standard InChI is InChI=1S/C13H16F2N2OS/c1-7-5-17(6-8(2)18-7)12-10(14)3-9(13(16)19)4-11(12)15/h3-4,7-8H,5-6H2,1-2H3,(H2,16,19)/t7-,8+. The molecule has 0 unspecified atom stereocenters. The monoisotopic (exact) mass is 286 g/mol. The van der Waals surface area contributed by atoms with Gasteiger partial charge < -0.3 is 15.4 Å². The molecule has 0 amide bonds. The predicted molar refractivity (Wildman–Crippen MR) is 74.5 cm³/mol. The zero-order valence-electron chi connectivity index (χ0n) is 10.8. The fraction of sp³-hybridized carbons (Fsp3) is 0.462. The molecule has 19 heavy (non-hydrogen) atoms. The largest absolute Gasteiger partial charge is 0.389 e. The van der Waals surface area contributed by atoms with E-state index < -0.39 is 11.6 Å². The van der Waals surface area contributed by atoms with Gasteiger partial charge in [0.25, 0.3) is 0 Å². The van der Waals surface area contributed by atoms with Crippen LogP contribution in [-0.2, 0) is 4.74 Å². The Hall–Kier alpha value is -1.27. The van der Waals surface area contributed by atoms with Gasteiger partial charge in [0.05, 0.1) is 12.2 Å². The van der Waals surface area contributed by atoms with E-state index in [1.54, 1.807) is 4.90 Å². The molecule has 0 spiro atoms. The highest BCUT2D eigenvalue weighted by Crippen LogP contribution is 2.27. The molecule has 1 aliphatic rings. The molecule has 2 atom stereocenters. The summed E-state index contributed by atoms with van der Waals surface area (Å²) in [5.74, 6) is -1.30. The van der Waals surface area contributed by atoms with E-state index in [1.165, 1.54) is 12.1 Å². The van der Waals surface area contributed by atoms with Crippen LogP contribution in [0.1, 0.15) is 19.4 Å². The van der Waals surface area contributed by atoms with E-state index in [-0.39, 0.29) is 28.4 Å². The molecule has 2 rings (SSSR count). The van der Waals surface area contributed by atoms with E-state index in [9.17, 15) is 8.78 Å². The van der Waals surface area contributed by atoms with Crippen LogP contribution in [0, 0.1) is 11.6 Å². The van der Waals surface area contributed by atoms with E-state index in [2.05, 4.69) is 0 Å². The summed E-state index contributed by atoms with van der Waals surface area (Å²) in [6.07, 6.45) is -0.143. The molecule has 1 aromatic carbocycles. The fourth-order valence-electron chi connectivity index (χ4n) is 2.37. The number of thiocarbonyl (C=S) groups is 1. The average molecular weight is 286 g/mol. The minimum Gasteiger partial charge on any atom is -0.389 e. The molecule has 0 aliphatic carbocycles. The third kappa shape index (κ3) is 3.01. The van der Waals surface area contributed by atoms with Crippen LogP contribution in [0.15, 0.2) is 12.1 Å². The lowest BCUT2D eigenvalue weighted by molar-refractivity contribution is -0.00558. The molecule has 0 aromatic heterocycles. The van der Waals surface area contributed by atoms with Crippen LogP contribution in [0.4, 0.5) is 14.5 Å². The Kier molecular flexibility index (Phi) is 4.01. The normalized spacial score (nSPS) is 23.5. The van der Waals surface area contributed by atoms with Gasteiger partial charge in [-0.3, -0.25) is 0 Å². The SMILES string of the molecule is C[C@@H]1CN(c2c(F)cc(C(N)=S)cc2F)C[C@H](C)O1. The van der Waals surface area contributed by atoms with Crippen molar-refractivity contribution in [3.8, 4) is 0 Å². The summed E-state index contributed by atoms with van der Waals surface area (Å²) >= 11 is 4.73. The lowest BCUT2D eigenvalue weighted by atomic mass is 10.1. The highest BCUT2D eigenvalue weighted by atomic mass is 32.1. The van der Waals surface area contributed by atoms with Crippen molar-refractivity contribution >= 4 is 22.9 Å². The quantitative estimate of drug-likeness (QED) is 0.846. The second-order valence-corrected chi connectivity index (χ2v) is 5.25. The van der Waals surface area contributed by atoms with Crippen molar-refractivity contribution in [1.29, 1.82) is 0 Å². The Balaban J connectivity index is 2.37. The van der Waals surface area contributed by atoms with Gasteiger partial charge in [0.2, 0.25) is 0 Å². The maximum absolute atomic E-state index is 14.1. The van der Waals surface area contributed by atoms with Crippen molar-refractivity contribution in [2.45, 2.75) is 26.1 Å². The van der Waals surface area contributed by atoms with Gasteiger partial charge in [-0.2, -0.15) is 0 Å². The highest BCUT2D eigenvalue weighted by molar-refractivity contribution is 7.80. The first-order chi connectivity index (χ1) is 8.88. The molecule has 0 saturated carbocycles. The van der Waals surface area contributed by atoms with Crippen molar-refractivity contribution in [3.05, 3.63) is 29.3 Å². The summed E-state index contributed by atoms with van der Waals surface area (Å²) in [5, 5.41) is 0. The highest BCUT2D eigenvalue weighted by Gasteiger charge is 2.27. The van der Waals surface area contributed by atoms with Crippen LogP contribution in [0.3, 0.4) is 0 Å². The van der Waals surface area contributed by atoms with Gasteiger partial charge in [-0.1, -0.05) is 12.2 Å². The summed E-state index contributed by atoms with van der Waals surface area (Å²) < 4.78 is 33.7. The Bertz CT molecular complexity index is 476. The third-order valence-corrected chi connectivity index (χ3v) is 3.27. The number of hydrogen-bond donors (Lipinski definition) is 1. The summed E-state index contributed by atoms with van der Waals surface area (Å²) in [5.41, 5.74) is 5.55. The van der Waals surface area contributed by atoms with Crippen LogP contribution in [0.25, 0.3) is 0 Å². The van der Waals surface area contributed by atoms with Gasteiger partial charge in [-0.05, 0) is 26.0 Å². The minimum absolute atomic E-state index is 0.0203. The number of halogens is 2. The second-order valence-electron chi connectivity index (χ2n) is 4.82. The van der Waals surface area contributed by atoms with E-state index in [1.807, 2.05) is 13.8 Å². The van der Waals surface area contributed by atoms with Crippen LogP contribution in [0.5, 0.6) is 0 Å².